The minimum Gasteiger partial charge on any atom is -1.00 e. The van der Waals surface area contributed by atoms with Gasteiger partial charge in [-0.15, -0.1) is 0 Å². The van der Waals surface area contributed by atoms with Gasteiger partial charge in [-0.05, 0) is 0 Å². The second kappa shape index (κ2) is 2.95. The third-order valence-electron chi connectivity index (χ3n) is 0. The molecule has 0 aromatic carbocycles. The van der Waals surface area contributed by atoms with Crippen LogP contribution in [0.15, 0.2) is 0 Å². The van der Waals surface area contributed by atoms with Crippen LogP contribution in [-0.4, -0.2) is 17.5 Å². The van der Waals surface area contributed by atoms with Crippen LogP contribution in [0.3, 0.4) is 0 Å². The molecule has 0 aliphatic rings. The summed E-state index contributed by atoms with van der Waals surface area (Å²) in [5.74, 6) is 0. The quantitative estimate of drug-likeness (QED) is 0.262. The van der Waals surface area contributed by atoms with Gasteiger partial charge in [0.2, 0.25) is 0 Å². The number of hydrogen-bond donors (Lipinski definition) is 2. The maximum atomic E-state index is 8.74. The Morgan fingerprint density at radius 3 is 1.50 bits per heavy atom. The van der Waals surface area contributed by atoms with Gasteiger partial charge in [0.05, 0.1) is 0 Å². The zero-order valence-corrected chi connectivity index (χ0v) is 5.94. The fourth-order valence-corrected chi connectivity index (χ4v) is 0. The average molecular weight is 124 g/mol. The van der Waals surface area contributed by atoms with Gasteiger partial charge >= 0.3 is 42.8 Å². The van der Waals surface area contributed by atoms with E-state index in [4.69, 9.17) is 17.5 Å². The first-order valence-electron chi connectivity index (χ1n) is 0.698. The summed E-state index contributed by atoms with van der Waals surface area (Å²) in [6.07, 6.45) is 0. The molecule has 0 bridgehead atoms. The fraction of sp³-hybridized carbons (Fsp3) is 0. The SMILES string of the molecule is O=S(=O)(O)O.[H+].[H+].[H-].[Na+]. The van der Waals surface area contributed by atoms with Gasteiger partial charge in [0.25, 0.3) is 0 Å². The summed E-state index contributed by atoms with van der Waals surface area (Å²) in [4.78, 5) is 0. The molecule has 0 amide bonds. The molecule has 0 fully saturated rings. The molecule has 4 nitrogen and oxygen atoms in total. The molecule has 0 rings (SSSR count). The van der Waals surface area contributed by atoms with Crippen LogP contribution >= 0.6 is 0 Å². The molecule has 0 spiro atoms. The van der Waals surface area contributed by atoms with Crippen LogP contribution in [0.1, 0.15) is 4.28 Å². The van der Waals surface area contributed by atoms with Gasteiger partial charge in [0, 0.05) is 0 Å². The fourth-order valence-electron chi connectivity index (χ4n) is 0. The first-order valence-corrected chi connectivity index (χ1v) is 2.10. The predicted octanol–water partition coefficient (Wildman–Crippen LogP) is -3.31. The first kappa shape index (κ1) is 9.98. The molecule has 2 N–H and O–H groups in total. The van der Waals surface area contributed by atoms with E-state index in [9.17, 15) is 0 Å². The topological polar surface area (TPSA) is 74.6 Å². The van der Waals surface area contributed by atoms with Crippen LogP contribution in [0.2, 0.25) is 0 Å². The van der Waals surface area contributed by atoms with Crippen molar-refractivity contribution in [1.29, 1.82) is 0 Å². The van der Waals surface area contributed by atoms with Crippen LogP contribution < -0.4 is 29.6 Å². The molecule has 0 aromatic heterocycles. The molecule has 0 unspecified atom stereocenters. The number of rotatable bonds is 0. The van der Waals surface area contributed by atoms with E-state index in [2.05, 4.69) is 0 Å². The zero-order chi connectivity index (χ0) is 4.50. The van der Waals surface area contributed by atoms with Crippen molar-refractivity contribution in [1.82, 2.24) is 0 Å². The largest absolute Gasteiger partial charge is 1.00 e. The van der Waals surface area contributed by atoms with Crippen molar-refractivity contribution >= 4 is 10.4 Å². The minimum atomic E-state index is -4.67. The van der Waals surface area contributed by atoms with Crippen LogP contribution in [0.5, 0.6) is 0 Å². The Hall–Kier alpha value is 0.870. The standard InChI is InChI=1S/Na.H2O4S.H/c;1-5(2,3)4;/h;(H2,1,2,3,4);/q+1;;-1/p+2. The summed E-state index contributed by atoms with van der Waals surface area (Å²) >= 11 is 0. The van der Waals surface area contributed by atoms with Crippen LogP contribution in [0.4, 0.5) is 0 Å². The van der Waals surface area contributed by atoms with E-state index in [0.717, 1.165) is 0 Å². The van der Waals surface area contributed by atoms with Gasteiger partial charge in [-0.25, -0.2) is 0 Å². The van der Waals surface area contributed by atoms with Gasteiger partial charge in [-0.1, -0.05) is 0 Å². The second-order valence-corrected chi connectivity index (χ2v) is 1.34. The van der Waals surface area contributed by atoms with E-state index < -0.39 is 10.4 Å². The van der Waals surface area contributed by atoms with Gasteiger partial charge < -0.3 is 1.43 Å². The summed E-state index contributed by atoms with van der Waals surface area (Å²) in [5.41, 5.74) is 0. The van der Waals surface area contributed by atoms with E-state index in [1.807, 2.05) is 0 Å². The van der Waals surface area contributed by atoms with Gasteiger partial charge in [-0.2, -0.15) is 8.42 Å². The van der Waals surface area contributed by atoms with Crippen LogP contribution in [-0.2, 0) is 10.4 Å². The minimum absolute atomic E-state index is 0. The molecule has 0 saturated carbocycles. The first-order chi connectivity index (χ1) is 2.00. The smallest absolute Gasteiger partial charge is 1.00 e. The van der Waals surface area contributed by atoms with Gasteiger partial charge in [-0.3, -0.25) is 9.11 Å². The number of hydrogen-bond acceptors (Lipinski definition) is 2. The molecule has 0 atom stereocenters. The Morgan fingerprint density at radius 2 is 1.50 bits per heavy atom. The third kappa shape index (κ3) is 96.4. The van der Waals surface area contributed by atoms with Gasteiger partial charge in [0.1, 0.15) is 0 Å². The molecule has 6 heavy (non-hydrogen) atoms. The third-order valence-corrected chi connectivity index (χ3v) is 0. The predicted molar refractivity (Wildman–Crippen MR) is 17.5 cm³/mol. The van der Waals surface area contributed by atoms with Crippen molar-refractivity contribution in [2.45, 2.75) is 0 Å². The van der Waals surface area contributed by atoms with Crippen molar-refractivity contribution in [2.24, 2.45) is 0 Å². The van der Waals surface area contributed by atoms with Crippen molar-refractivity contribution in [3.05, 3.63) is 0 Å². The summed E-state index contributed by atoms with van der Waals surface area (Å²) in [6.45, 7) is 0. The average Bonchev–Trinajstić information content (AvgIpc) is 0.722. The Balaban J connectivity index is -0.0000000133. The molecule has 6 heteroatoms. The monoisotopic (exact) mass is 124 g/mol. The van der Waals surface area contributed by atoms with E-state index in [-0.39, 0.29) is 33.8 Å². The molecule has 0 radical (unpaired) electrons. The molecule has 0 aliphatic carbocycles. The van der Waals surface area contributed by atoms with E-state index in [1.165, 1.54) is 0 Å². The van der Waals surface area contributed by atoms with E-state index in [1.54, 1.807) is 0 Å². The van der Waals surface area contributed by atoms with E-state index >= 15 is 0 Å². The summed E-state index contributed by atoms with van der Waals surface area (Å²) < 4.78 is 31.6. The maximum Gasteiger partial charge on any atom is 1.00 e. The molecule has 0 heterocycles. The molecular formula is H5NaO4S+2. The zero-order valence-electron chi connectivity index (χ0n) is 6.12. The Bertz CT molecular complexity index is 99.0. The van der Waals surface area contributed by atoms with E-state index in [0.29, 0.717) is 0 Å². The van der Waals surface area contributed by atoms with Crippen molar-refractivity contribution in [3.63, 3.8) is 0 Å². The molecule has 0 aliphatic heterocycles. The Labute approximate surface area is 61.9 Å². The van der Waals surface area contributed by atoms with Crippen molar-refractivity contribution in [2.75, 3.05) is 0 Å². The summed E-state index contributed by atoms with van der Waals surface area (Å²) in [7, 11) is -4.67. The Morgan fingerprint density at radius 1 is 1.50 bits per heavy atom. The maximum absolute atomic E-state index is 8.74. The van der Waals surface area contributed by atoms with Crippen LogP contribution in [0, 0.1) is 0 Å². The van der Waals surface area contributed by atoms with Crippen molar-refractivity contribution in [3.8, 4) is 0 Å². The van der Waals surface area contributed by atoms with Crippen LogP contribution in [0.25, 0.3) is 0 Å². The molecule has 34 valence electrons. The second-order valence-electron chi connectivity index (χ2n) is 0.448. The normalized spacial score (nSPS) is 9.67. The Kier molecular flexibility index (Phi) is 4.91. The molecule has 0 aromatic rings. The summed E-state index contributed by atoms with van der Waals surface area (Å²) in [5, 5.41) is 0. The molecule has 0 saturated heterocycles. The summed E-state index contributed by atoms with van der Waals surface area (Å²) in [6, 6.07) is 0. The molecular weight excluding hydrogens is 119 g/mol. The van der Waals surface area contributed by atoms with Crippen molar-refractivity contribution < 1.29 is 51.4 Å². The van der Waals surface area contributed by atoms with Gasteiger partial charge in [0.15, 0.2) is 0 Å².